The van der Waals surface area contributed by atoms with Gasteiger partial charge in [0.25, 0.3) is 5.56 Å². The summed E-state index contributed by atoms with van der Waals surface area (Å²) < 4.78 is 21.1. The van der Waals surface area contributed by atoms with Crippen LogP contribution in [0.15, 0.2) is 34.2 Å². The molecule has 1 fully saturated rings. The molecular formula is C17H32N3O11P. The Bertz CT molecular complexity index is 869. The van der Waals surface area contributed by atoms with Crippen molar-refractivity contribution in [2.45, 2.75) is 31.5 Å². The molecule has 186 valence electrons. The number of hydrogen-bond acceptors (Lipinski definition) is 9. The molecule has 1 saturated heterocycles. The van der Waals surface area contributed by atoms with E-state index in [9.17, 15) is 29.5 Å². The van der Waals surface area contributed by atoms with Gasteiger partial charge in [-0.1, -0.05) is 6.92 Å². The van der Waals surface area contributed by atoms with E-state index >= 15 is 0 Å². The molecule has 32 heavy (non-hydrogen) atoms. The quantitative estimate of drug-likeness (QED) is 0.134. The summed E-state index contributed by atoms with van der Waals surface area (Å²) >= 11 is 0. The number of H-pyrrole nitrogens is 1. The van der Waals surface area contributed by atoms with Crippen molar-refractivity contribution >= 4 is 7.82 Å². The Hall–Kier alpha value is -1.87. The summed E-state index contributed by atoms with van der Waals surface area (Å²) in [7, 11) is 1.50. The minimum Gasteiger partial charge on any atom is -0.876 e. The lowest BCUT2D eigenvalue weighted by Gasteiger charge is -2.23. The van der Waals surface area contributed by atoms with Crippen molar-refractivity contribution in [2.24, 2.45) is 0 Å². The van der Waals surface area contributed by atoms with Gasteiger partial charge >= 0.3 is 13.5 Å². The fourth-order valence-corrected chi connectivity index (χ4v) is 2.49. The van der Waals surface area contributed by atoms with Gasteiger partial charge in [0.2, 0.25) is 0 Å². The van der Waals surface area contributed by atoms with Crippen LogP contribution >= 0.6 is 7.82 Å². The molecule has 0 radical (unpaired) electrons. The number of phosphoric ester groups is 1. The maximum Gasteiger partial charge on any atom is 0.469 e. The van der Waals surface area contributed by atoms with Crippen LogP contribution in [0.25, 0.3) is 0 Å². The smallest absolute Gasteiger partial charge is 0.469 e. The Kier molecular flexibility index (Phi) is 12.2. The van der Waals surface area contributed by atoms with E-state index < -0.39 is 50.2 Å². The highest BCUT2D eigenvalue weighted by Gasteiger charge is 2.43. The standard InChI is InChI=1S/C9H12N2O6.C5H14NO4P.C3H6O/c12-3-4-6(14)7(15)8(17-4)11-2-1-5(13)10-9(11)16;1-6(2,3)4-5-10-11(7,8)9;1-3(2)4/h1-2,4,6-8,12,14-15H,3H2,(H,10,13,16);4-5H2,1-3H3,(H-,7,8,9);4H,1H2,2H3/t4-,6-,7-,8-;;/m1../s1. The Balaban J connectivity index is 0.000000553. The molecule has 1 aromatic rings. The highest BCUT2D eigenvalue weighted by Crippen LogP contribution is 2.35. The first-order chi connectivity index (χ1) is 14.5. The van der Waals surface area contributed by atoms with E-state index in [0.29, 0.717) is 11.0 Å². The summed E-state index contributed by atoms with van der Waals surface area (Å²) in [6.07, 6.45) is -3.58. The number of aromatic nitrogens is 2. The van der Waals surface area contributed by atoms with E-state index in [0.717, 1.165) is 16.8 Å². The number of ether oxygens (including phenoxy) is 1. The van der Waals surface area contributed by atoms with Gasteiger partial charge in [-0.25, -0.2) is 9.36 Å². The van der Waals surface area contributed by atoms with Gasteiger partial charge in [-0.05, 0) is 0 Å². The van der Waals surface area contributed by atoms with Gasteiger partial charge in [0.05, 0.1) is 27.7 Å². The first-order valence-corrected chi connectivity index (χ1v) is 10.8. The fraction of sp³-hybridized carbons (Fsp3) is 0.647. The molecule has 1 aliphatic heterocycles. The topological polar surface area (TPSA) is 215 Å². The number of hydrogen-bond donors (Lipinski definition) is 6. The van der Waals surface area contributed by atoms with E-state index in [-0.39, 0.29) is 12.4 Å². The maximum absolute atomic E-state index is 11.4. The van der Waals surface area contributed by atoms with Gasteiger partial charge in [0.15, 0.2) is 6.23 Å². The molecule has 2 rings (SSSR count). The second-order valence-electron chi connectivity index (χ2n) is 7.79. The summed E-state index contributed by atoms with van der Waals surface area (Å²) in [5.74, 6) is -0.0833. The molecule has 0 aromatic carbocycles. The van der Waals surface area contributed by atoms with Crippen molar-refractivity contribution in [3.05, 3.63) is 45.4 Å². The predicted molar refractivity (Wildman–Crippen MR) is 110 cm³/mol. The van der Waals surface area contributed by atoms with E-state index in [2.05, 4.69) is 11.1 Å². The number of nitrogens with zero attached hydrogens (tertiary/aromatic N) is 2. The van der Waals surface area contributed by atoms with Crippen molar-refractivity contribution in [3.8, 4) is 0 Å². The molecular weight excluding hydrogens is 453 g/mol. The van der Waals surface area contributed by atoms with Gasteiger partial charge in [-0.2, -0.15) is 0 Å². The van der Waals surface area contributed by atoms with E-state index in [1.807, 2.05) is 26.1 Å². The molecule has 0 bridgehead atoms. The van der Waals surface area contributed by atoms with Crippen LogP contribution in [0.3, 0.4) is 0 Å². The van der Waals surface area contributed by atoms with Gasteiger partial charge < -0.3 is 39.4 Å². The number of quaternary nitrogens is 1. The summed E-state index contributed by atoms with van der Waals surface area (Å²) in [6, 6.07) is 1.09. The van der Waals surface area contributed by atoms with Crippen molar-refractivity contribution in [2.75, 3.05) is 40.9 Å². The molecule has 2 heterocycles. The molecule has 0 aliphatic carbocycles. The highest BCUT2D eigenvalue weighted by molar-refractivity contribution is 7.46. The number of aliphatic hydroxyl groups is 3. The summed E-state index contributed by atoms with van der Waals surface area (Å²) in [6.45, 7) is 4.59. The fourth-order valence-electron chi connectivity index (χ4n) is 2.17. The van der Waals surface area contributed by atoms with Crippen LogP contribution in [0.1, 0.15) is 13.2 Å². The highest BCUT2D eigenvalue weighted by atomic mass is 31.2. The van der Waals surface area contributed by atoms with Crippen LogP contribution in [0.2, 0.25) is 0 Å². The van der Waals surface area contributed by atoms with Crippen molar-refractivity contribution in [3.63, 3.8) is 0 Å². The molecule has 1 aromatic heterocycles. The second kappa shape index (κ2) is 13.0. The summed E-state index contributed by atoms with van der Waals surface area (Å²) in [5, 5.41) is 37.4. The number of allylic oxidation sites excluding steroid dienone is 1. The minimum atomic E-state index is -4.26. The third-order valence-corrected chi connectivity index (χ3v) is 4.18. The van der Waals surface area contributed by atoms with E-state index in [1.165, 1.54) is 6.92 Å². The van der Waals surface area contributed by atoms with Crippen molar-refractivity contribution in [1.29, 1.82) is 0 Å². The van der Waals surface area contributed by atoms with Crippen LogP contribution in [-0.4, -0.2) is 98.4 Å². The van der Waals surface area contributed by atoms with Crippen LogP contribution in [0.5, 0.6) is 0 Å². The van der Waals surface area contributed by atoms with Crippen LogP contribution < -0.4 is 16.4 Å². The molecule has 1 aliphatic rings. The number of aromatic amines is 1. The van der Waals surface area contributed by atoms with Gasteiger partial charge in [0.1, 0.15) is 31.5 Å². The monoisotopic (exact) mass is 485 g/mol. The molecule has 0 saturated carbocycles. The molecule has 0 spiro atoms. The number of likely N-dealkylation sites (N-methyl/N-ethyl adjacent to an activating group) is 1. The van der Waals surface area contributed by atoms with E-state index in [4.69, 9.17) is 19.6 Å². The van der Waals surface area contributed by atoms with Gasteiger partial charge in [0, 0.05) is 12.3 Å². The third-order valence-electron chi connectivity index (χ3n) is 3.66. The van der Waals surface area contributed by atoms with Crippen LogP contribution in [0, 0.1) is 0 Å². The molecule has 0 unspecified atom stereocenters. The number of phosphoric acid groups is 1. The zero-order chi connectivity index (χ0) is 25.3. The SMILES string of the molecule is C=C(C)[O-].C[N+](C)(C)CCOP(=O)(O)O.O=c1ccn([C@@H]2O[C@H](CO)[C@@H](O)[C@H]2O)c(=O)[nH]1. The second-order valence-corrected chi connectivity index (χ2v) is 9.03. The lowest BCUT2D eigenvalue weighted by atomic mass is 10.1. The maximum atomic E-state index is 11.4. The Morgan fingerprint density at radius 2 is 1.84 bits per heavy atom. The Labute approximate surface area is 184 Å². The normalized spacial score (nSPS) is 22.9. The predicted octanol–water partition coefficient (Wildman–Crippen LogP) is -3.17. The number of rotatable bonds is 6. The average molecular weight is 485 g/mol. The summed E-state index contributed by atoms with van der Waals surface area (Å²) in [4.78, 5) is 40.9. The van der Waals surface area contributed by atoms with Crippen LogP contribution in [-0.2, 0) is 13.8 Å². The first kappa shape index (κ1) is 30.1. The Morgan fingerprint density at radius 1 is 1.31 bits per heavy atom. The Morgan fingerprint density at radius 3 is 2.22 bits per heavy atom. The zero-order valence-corrected chi connectivity index (χ0v) is 19.2. The van der Waals surface area contributed by atoms with E-state index in [1.54, 1.807) is 0 Å². The molecule has 14 nitrogen and oxygen atoms in total. The molecule has 6 N–H and O–H groups in total. The third kappa shape index (κ3) is 12.2. The lowest BCUT2D eigenvalue weighted by molar-refractivity contribution is -0.870. The largest absolute Gasteiger partial charge is 0.876 e. The first-order valence-electron chi connectivity index (χ1n) is 9.25. The molecule has 0 amide bonds. The summed E-state index contributed by atoms with van der Waals surface area (Å²) in [5.41, 5.74) is -1.33. The van der Waals surface area contributed by atoms with Crippen molar-refractivity contribution < 1.29 is 48.5 Å². The van der Waals surface area contributed by atoms with Crippen LogP contribution in [0.4, 0.5) is 0 Å². The molecule has 15 heteroatoms. The lowest BCUT2D eigenvalue weighted by Crippen LogP contribution is -2.37. The van der Waals surface area contributed by atoms with Gasteiger partial charge in [-0.15, -0.1) is 12.3 Å². The number of nitrogens with one attached hydrogen (secondary N) is 1. The van der Waals surface area contributed by atoms with Gasteiger partial charge in [-0.3, -0.25) is 18.9 Å². The molecule has 4 atom stereocenters. The minimum absolute atomic E-state index is 0.0772. The number of aliphatic hydroxyl groups excluding tert-OH is 3. The zero-order valence-electron chi connectivity index (χ0n) is 18.3. The average Bonchev–Trinajstić information content (AvgIpc) is 2.88. The van der Waals surface area contributed by atoms with Crippen molar-refractivity contribution in [1.82, 2.24) is 9.55 Å².